The van der Waals surface area contributed by atoms with Crippen molar-refractivity contribution in [2.45, 2.75) is 12.3 Å². The molecule has 0 radical (unpaired) electrons. The minimum absolute atomic E-state index is 0.122. The second kappa shape index (κ2) is 6.18. The predicted octanol–water partition coefficient (Wildman–Crippen LogP) is 1.20. The number of hydrogen-bond acceptors (Lipinski definition) is 2. The molecule has 0 saturated carbocycles. The van der Waals surface area contributed by atoms with E-state index in [4.69, 9.17) is 40.7 Å². The molecule has 4 nitrogen and oxygen atoms in total. The van der Waals surface area contributed by atoms with Gasteiger partial charge in [0.1, 0.15) is 0 Å². The van der Waals surface area contributed by atoms with Crippen molar-refractivity contribution in [1.29, 1.82) is 0 Å². The third-order valence-electron chi connectivity index (χ3n) is 0.213. The molecule has 0 aliphatic carbocycles. The van der Waals surface area contributed by atoms with E-state index >= 15 is 0 Å². The van der Waals surface area contributed by atoms with Gasteiger partial charge in [-0.2, -0.15) is 8.42 Å². The maximum Gasteiger partial charge on any atom is 0.394 e. The van der Waals surface area contributed by atoms with Crippen LogP contribution in [0.3, 0.4) is 0 Å². The van der Waals surface area contributed by atoms with Gasteiger partial charge in [0.15, 0.2) is 0 Å². The molecule has 0 aromatic rings. The summed E-state index contributed by atoms with van der Waals surface area (Å²) in [6.45, 7) is 1.86. The molecule has 0 aliphatic rings. The first-order valence-electron chi connectivity index (χ1n) is 2.17. The van der Waals surface area contributed by atoms with Gasteiger partial charge >= 0.3 is 10.4 Å². The third-order valence-corrected chi connectivity index (χ3v) is 0.988. The molecule has 1 atom stereocenters. The molecule has 0 aromatic heterocycles. The first-order chi connectivity index (χ1) is 4.27. The second-order valence-corrected chi connectivity index (χ2v) is 3.33. The number of alkyl halides is 2. The van der Waals surface area contributed by atoms with Gasteiger partial charge in [-0.05, 0) is 6.92 Å². The Morgan fingerprint density at radius 3 is 1.60 bits per heavy atom. The van der Waals surface area contributed by atoms with Crippen LogP contribution in [0.1, 0.15) is 6.92 Å². The quantitative estimate of drug-likeness (QED) is 0.504. The summed E-state index contributed by atoms with van der Waals surface area (Å²) >= 11 is 10.5. The molecule has 0 rings (SSSR count). The van der Waals surface area contributed by atoms with Crippen molar-refractivity contribution in [3.8, 4) is 0 Å². The summed E-state index contributed by atoms with van der Waals surface area (Å²) in [4.78, 5) is 0. The molecule has 0 bridgehead atoms. The van der Waals surface area contributed by atoms with Crippen LogP contribution in [0.4, 0.5) is 0 Å². The number of halogens is 2. The van der Waals surface area contributed by atoms with Gasteiger partial charge in [0, 0.05) is 11.3 Å². The van der Waals surface area contributed by atoms with Crippen LogP contribution in [-0.4, -0.2) is 28.8 Å². The van der Waals surface area contributed by atoms with E-state index in [-0.39, 0.29) is 5.38 Å². The summed E-state index contributed by atoms with van der Waals surface area (Å²) < 4.78 is 31.6. The average molecular weight is 211 g/mol. The third kappa shape index (κ3) is 78.1. The van der Waals surface area contributed by atoms with E-state index in [2.05, 4.69) is 0 Å². The summed E-state index contributed by atoms with van der Waals surface area (Å²) in [5.74, 6) is 0.543. The Hall–Kier alpha value is 0.450. The highest BCUT2D eigenvalue weighted by Gasteiger charge is 1.85. The zero-order valence-corrected chi connectivity index (χ0v) is 7.49. The lowest BCUT2D eigenvalue weighted by Crippen LogP contribution is -1.89. The minimum Gasteiger partial charge on any atom is -0.264 e. The van der Waals surface area contributed by atoms with E-state index in [1.807, 2.05) is 6.92 Å². The van der Waals surface area contributed by atoms with Crippen LogP contribution in [0.15, 0.2) is 0 Å². The summed E-state index contributed by atoms with van der Waals surface area (Å²) in [5, 5.41) is 0.122. The molecule has 64 valence electrons. The zero-order chi connectivity index (χ0) is 8.78. The highest BCUT2D eigenvalue weighted by molar-refractivity contribution is 7.79. The molecule has 0 fully saturated rings. The standard InChI is InChI=1S/C3H6Cl2.H2O4S/c1-3(5)2-4;1-5(2,3)4/h3H,2H2,1H3;(H2,1,2,3,4). The van der Waals surface area contributed by atoms with Crippen molar-refractivity contribution < 1.29 is 17.5 Å². The smallest absolute Gasteiger partial charge is 0.264 e. The van der Waals surface area contributed by atoms with Crippen molar-refractivity contribution in [2.24, 2.45) is 0 Å². The van der Waals surface area contributed by atoms with Crippen molar-refractivity contribution in [1.82, 2.24) is 0 Å². The first kappa shape index (κ1) is 13.1. The summed E-state index contributed by atoms with van der Waals surface area (Å²) in [6, 6.07) is 0. The summed E-state index contributed by atoms with van der Waals surface area (Å²) in [5.41, 5.74) is 0. The predicted molar refractivity (Wildman–Crippen MR) is 40.2 cm³/mol. The van der Waals surface area contributed by atoms with E-state index in [9.17, 15) is 0 Å². The van der Waals surface area contributed by atoms with Crippen LogP contribution >= 0.6 is 23.2 Å². The van der Waals surface area contributed by atoms with Gasteiger partial charge in [0.25, 0.3) is 0 Å². The lowest BCUT2D eigenvalue weighted by atomic mass is 10.6. The monoisotopic (exact) mass is 210 g/mol. The van der Waals surface area contributed by atoms with E-state index in [1.165, 1.54) is 0 Å². The molecule has 0 saturated heterocycles. The topological polar surface area (TPSA) is 74.6 Å². The molecule has 2 N–H and O–H groups in total. The Morgan fingerprint density at radius 2 is 1.60 bits per heavy atom. The van der Waals surface area contributed by atoms with Crippen LogP contribution in [0, 0.1) is 0 Å². The second-order valence-electron chi connectivity index (χ2n) is 1.38. The molecule has 0 spiro atoms. The van der Waals surface area contributed by atoms with Gasteiger partial charge in [-0.1, -0.05) is 0 Å². The van der Waals surface area contributed by atoms with Crippen molar-refractivity contribution in [2.75, 3.05) is 5.88 Å². The van der Waals surface area contributed by atoms with Crippen molar-refractivity contribution >= 4 is 33.6 Å². The fraction of sp³-hybridized carbons (Fsp3) is 1.00. The van der Waals surface area contributed by atoms with Crippen LogP contribution < -0.4 is 0 Å². The average Bonchev–Trinajstić information content (AvgIpc) is 1.61. The van der Waals surface area contributed by atoms with Crippen LogP contribution in [0.25, 0.3) is 0 Å². The number of rotatable bonds is 1. The van der Waals surface area contributed by atoms with Gasteiger partial charge in [-0.15, -0.1) is 23.2 Å². The van der Waals surface area contributed by atoms with E-state index in [0.717, 1.165) is 0 Å². The fourth-order valence-corrected chi connectivity index (χ4v) is 0. The molecular weight excluding hydrogens is 203 g/mol. The van der Waals surface area contributed by atoms with Crippen molar-refractivity contribution in [3.05, 3.63) is 0 Å². The Labute approximate surface area is 69.7 Å². The van der Waals surface area contributed by atoms with Crippen molar-refractivity contribution in [3.63, 3.8) is 0 Å². The largest absolute Gasteiger partial charge is 0.394 e. The molecule has 1 unspecified atom stereocenters. The number of hydrogen-bond donors (Lipinski definition) is 2. The normalized spacial score (nSPS) is 13.3. The highest BCUT2D eigenvalue weighted by atomic mass is 35.5. The van der Waals surface area contributed by atoms with Crippen LogP contribution in [0.5, 0.6) is 0 Å². The van der Waals surface area contributed by atoms with Gasteiger partial charge in [-0.3, -0.25) is 9.11 Å². The van der Waals surface area contributed by atoms with E-state index in [0.29, 0.717) is 5.88 Å². The SMILES string of the molecule is CC(Cl)CCl.O=S(=O)(O)O. The lowest BCUT2D eigenvalue weighted by Gasteiger charge is -1.85. The molecule has 10 heavy (non-hydrogen) atoms. The van der Waals surface area contributed by atoms with E-state index < -0.39 is 10.4 Å². The molecular formula is C3H8Cl2O4S. The summed E-state index contributed by atoms with van der Waals surface area (Å²) in [6.07, 6.45) is 0. The maximum atomic E-state index is 8.74. The van der Waals surface area contributed by atoms with Gasteiger partial charge in [0.05, 0.1) is 0 Å². The van der Waals surface area contributed by atoms with Gasteiger partial charge in [0.2, 0.25) is 0 Å². The molecule has 0 aliphatic heterocycles. The minimum atomic E-state index is -4.67. The van der Waals surface area contributed by atoms with Gasteiger partial charge in [-0.25, -0.2) is 0 Å². The Kier molecular flexibility index (Phi) is 8.08. The Balaban J connectivity index is 0. The molecule has 7 heteroatoms. The van der Waals surface area contributed by atoms with Crippen LogP contribution in [-0.2, 0) is 10.4 Å². The van der Waals surface area contributed by atoms with Crippen LogP contribution in [0.2, 0.25) is 0 Å². The lowest BCUT2D eigenvalue weighted by molar-refractivity contribution is 0.381. The van der Waals surface area contributed by atoms with Gasteiger partial charge < -0.3 is 0 Å². The Bertz CT molecular complexity index is 144. The molecule has 0 heterocycles. The molecule has 0 amide bonds. The maximum absolute atomic E-state index is 8.74. The Morgan fingerprint density at radius 1 is 1.50 bits per heavy atom. The highest BCUT2D eigenvalue weighted by Crippen LogP contribution is 1.93. The van der Waals surface area contributed by atoms with E-state index in [1.54, 1.807) is 0 Å². The first-order valence-corrected chi connectivity index (χ1v) is 4.54. The fourth-order valence-electron chi connectivity index (χ4n) is 0. The molecule has 0 aromatic carbocycles. The zero-order valence-electron chi connectivity index (χ0n) is 5.16. The summed E-state index contributed by atoms with van der Waals surface area (Å²) in [7, 11) is -4.67.